The van der Waals surface area contributed by atoms with E-state index in [9.17, 15) is 14.4 Å². The Morgan fingerprint density at radius 2 is 1.95 bits per heavy atom. The van der Waals surface area contributed by atoms with E-state index in [1.807, 2.05) is 0 Å². The molecule has 0 aromatic carbocycles. The molecule has 0 spiro atoms. The smallest absolute Gasteiger partial charge is 0.326 e. The van der Waals surface area contributed by atoms with Crippen LogP contribution in [0, 0.1) is 0 Å². The number of amides is 3. The van der Waals surface area contributed by atoms with Crippen molar-refractivity contribution in [2.24, 2.45) is 0 Å². The summed E-state index contributed by atoms with van der Waals surface area (Å²) in [4.78, 5) is 37.4. The molecular formula is C12H19N3O4. The van der Waals surface area contributed by atoms with Gasteiger partial charge in [0.2, 0.25) is 5.91 Å². The molecule has 0 saturated carbocycles. The predicted octanol–water partition coefficient (Wildman–Crippen LogP) is -0.134. The van der Waals surface area contributed by atoms with Gasteiger partial charge in [0.15, 0.2) is 0 Å². The van der Waals surface area contributed by atoms with Crippen LogP contribution >= 0.6 is 0 Å². The van der Waals surface area contributed by atoms with Gasteiger partial charge in [-0.15, -0.1) is 0 Å². The van der Waals surface area contributed by atoms with Gasteiger partial charge in [-0.3, -0.25) is 4.79 Å². The summed E-state index contributed by atoms with van der Waals surface area (Å²) in [5.41, 5.74) is 0. The number of urea groups is 1. The summed E-state index contributed by atoms with van der Waals surface area (Å²) in [6.45, 7) is 2.97. The molecule has 106 valence electrons. The molecule has 7 heteroatoms. The van der Waals surface area contributed by atoms with Crippen molar-refractivity contribution in [2.45, 2.75) is 38.3 Å². The monoisotopic (exact) mass is 269 g/mol. The van der Waals surface area contributed by atoms with Gasteiger partial charge in [0.25, 0.3) is 0 Å². The van der Waals surface area contributed by atoms with Crippen molar-refractivity contribution in [3.63, 3.8) is 0 Å². The lowest BCUT2D eigenvalue weighted by atomic mass is 10.2. The van der Waals surface area contributed by atoms with Crippen molar-refractivity contribution in [3.05, 3.63) is 0 Å². The van der Waals surface area contributed by atoms with Gasteiger partial charge in [0.05, 0.1) is 0 Å². The maximum Gasteiger partial charge on any atom is 0.326 e. The average molecular weight is 269 g/mol. The summed E-state index contributed by atoms with van der Waals surface area (Å²) in [6.07, 6.45) is 1.96. The Hall–Kier alpha value is -1.79. The molecule has 0 aliphatic carbocycles. The fourth-order valence-electron chi connectivity index (χ4n) is 2.77. The van der Waals surface area contributed by atoms with Gasteiger partial charge >= 0.3 is 12.0 Å². The number of carbonyl (C=O) groups excluding carboxylic acids is 2. The van der Waals surface area contributed by atoms with Crippen molar-refractivity contribution < 1.29 is 19.5 Å². The molecule has 0 radical (unpaired) electrons. The first-order chi connectivity index (χ1) is 8.99. The molecule has 2 fully saturated rings. The summed E-state index contributed by atoms with van der Waals surface area (Å²) >= 11 is 0. The fourth-order valence-corrected chi connectivity index (χ4v) is 2.77. The molecular weight excluding hydrogens is 250 g/mol. The molecule has 2 heterocycles. The lowest BCUT2D eigenvalue weighted by molar-refractivity contribution is -0.141. The van der Waals surface area contributed by atoms with E-state index >= 15 is 0 Å². The molecule has 0 bridgehead atoms. The second-order valence-corrected chi connectivity index (χ2v) is 5.10. The van der Waals surface area contributed by atoms with Crippen LogP contribution in [0.3, 0.4) is 0 Å². The van der Waals surface area contributed by atoms with Crippen LogP contribution in [0.15, 0.2) is 0 Å². The summed E-state index contributed by atoms with van der Waals surface area (Å²) in [6, 6.07) is -0.947. The zero-order chi connectivity index (χ0) is 14.0. The number of carboxylic acids is 1. The van der Waals surface area contributed by atoms with Crippen molar-refractivity contribution in [2.75, 3.05) is 19.6 Å². The highest BCUT2D eigenvalue weighted by Gasteiger charge is 2.38. The van der Waals surface area contributed by atoms with E-state index < -0.39 is 12.0 Å². The van der Waals surface area contributed by atoms with Gasteiger partial charge in [-0.25, -0.2) is 9.59 Å². The number of likely N-dealkylation sites (tertiary alicyclic amines) is 2. The minimum absolute atomic E-state index is 0.0210. The van der Waals surface area contributed by atoms with Crippen LogP contribution in [0.5, 0.6) is 0 Å². The second-order valence-electron chi connectivity index (χ2n) is 5.10. The number of nitrogens with one attached hydrogen (secondary N) is 1. The number of rotatable bonds is 2. The van der Waals surface area contributed by atoms with E-state index in [1.165, 1.54) is 11.8 Å². The molecule has 19 heavy (non-hydrogen) atoms. The number of hydrogen-bond donors (Lipinski definition) is 2. The molecule has 2 aliphatic heterocycles. The van der Waals surface area contributed by atoms with Gasteiger partial charge in [-0.2, -0.15) is 0 Å². The topological polar surface area (TPSA) is 90.0 Å². The van der Waals surface area contributed by atoms with Gasteiger partial charge in [-0.05, 0) is 19.3 Å². The first-order valence-electron chi connectivity index (χ1n) is 6.54. The summed E-state index contributed by atoms with van der Waals surface area (Å²) in [5, 5.41) is 11.9. The molecule has 2 rings (SSSR count). The summed E-state index contributed by atoms with van der Waals surface area (Å²) in [5.74, 6) is -1.05. The second kappa shape index (κ2) is 5.46. The normalized spacial score (nSPS) is 26.6. The third-order valence-electron chi connectivity index (χ3n) is 3.65. The molecule has 0 aromatic rings. The fraction of sp³-hybridized carbons (Fsp3) is 0.750. The Balaban J connectivity index is 1.94. The van der Waals surface area contributed by atoms with Crippen molar-refractivity contribution in [1.82, 2.24) is 15.1 Å². The Kier molecular flexibility index (Phi) is 3.92. The van der Waals surface area contributed by atoms with E-state index in [0.29, 0.717) is 26.1 Å². The zero-order valence-corrected chi connectivity index (χ0v) is 11.0. The Morgan fingerprint density at radius 1 is 1.21 bits per heavy atom. The molecule has 3 amide bonds. The first-order valence-corrected chi connectivity index (χ1v) is 6.54. The largest absolute Gasteiger partial charge is 0.480 e. The van der Waals surface area contributed by atoms with Crippen LogP contribution in [0.1, 0.15) is 26.2 Å². The molecule has 2 unspecified atom stereocenters. The quantitative estimate of drug-likeness (QED) is 0.730. The number of hydrogen-bond acceptors (Lipinski definition) is 3. The van der Waals surface area contributed by atoms with E-state index in [2.05, 4.69) is 5.32 Å². The van der Waals surface area contributed by atoms with E-state index in [-0.39, 0.29) is 18.0 Å². The van der Waals surface area contributed by atoms with Gasteiger partial charge in [0.1, 0.15) is 6.04 Å². The molecule has 7 nitrogen and oxygen atoms in total. The van der Waals surface area contributed by atoms with Crippen LogP contribution in [0.2, 0.25) is 0 Å². The lowest BCUT2D eigenvalue weighted by Gasteiger charge is -2.27. The SMILES string of the molecule is CC(=O)NC1CCN(C(=O)N2CCCC2C(=O)O)C1. The predicted molar refractivity (Wildman–Crippen MR) is 66.6 cm³/mol. The van der Waals surface area contributed by atoms with E-state index in [4.69, 9.17) is 5.11 Å². The standard InChI is InChI=1S/C12H19N3O4/c1-8(16)13-9-4-6-14(7-9)12(19)15-5-2-3-10(15)11(17)18/h9-10H,2-7H2,1H3,(H,13,16)(H,17,18). The Bertz CT molecular complexity index is 398. The van der Waals surface area contributed by atoms with Gasteiger partial charge in [0, 0.05) is 32.6 Å². The maximum atomic E-state index is 12.3. The highest BCUT2D eigenvalue weighted by atomic mass is 16.4. The zero-order valence-electron chi connectivity index (χ0n) is 11.0. The minimum Gasteiger partial charge on any atom is -0.480 e. The minimum atomic E-state index is -0.941. The van der Waals surface area contributed by atoms with Crippen molar-refractivity contribution in [1.29, 1.82) is 0 Å². The van der Waals surface area contributed by atoms with Crippen LogP contribution in [0.4, 0.5) is 4.79 Å². The van der Waals surface area contributed by atoms with Crippen LogP contribution < -0.4 is 5.32 Å². The van der Waals surface area contributed by atoms with Crippen LogP contribution in [-0.4, -0.2) is 64.5 Å². The number of aliphatic carboxylic acids is 1. The molecule has 2 aliphatic rings. The number of carboxylic acid groups (broad SMARTS) is 1. The maximum absolute atomic E-state index is 12.3. The lowest BCUT2D eigenvalue weighted by Crippen LogP contribution is -2.48. The average Bonchev–Trinajstić information content (AvgIpc) is 2.94. The van der Waals surface area contributed by atoms with Crippen LogP contribution in [0.25, 0.3) is 0 Å². The van der Waals surface area contributed by atoms with Crippen LogP contribution in [-0.2, 0) is 9.59 Å². The van der Waals surface area contributed by atoms with Gasteiger partial charge in [-0.1, -0.05) is 0 Å². The number of nitrogens with zero attached hydrogens (tertiary/aromatic N) is 2. The highest BCUT2D eigenvalue weighted by Crippen LogP contribution is 2.21. The highest BCUT2D eigenvalue weighted by molar-refractivity contribution is 5.83. The third kappa shape index (κ3) is 2.97. The molecule has 2 N–H and O–H groups in total. The first kappa shape index (κ1) is 13.6. The molecule has 2 atom stereocenters. The van der Waals surface area contributed by atoms with E-state index in [1.54, 1.807) is 4.90 Å². The number of carbonyl (C=O) groups is 3. The van der Waals surface area contributed by atoms with Crippen molar-refractivity contribution in [3.8, 4) is 0 Å². The van der Waals surface area contributed by atoms with E-state index in [0.717, 1.165) is 12.8 Å². The summed E-state index contributed by atoms with van der Waals surface area (Å²) in [7, 11) is 0. The molecule has 0 aromatic heterocycles. The molecule has 2 saturated heterocycles. The van der Waals surface area contributed by atoms with Gasteiger partial charge < -0.3 is 20.2 Å². The summed E-state index contributed by atoms with van der Waals surface area (Å²) < 4.78 is 0. The Morgan fingerprint density at radius 3 is 2.58 bits per heavy atom. The Labute approximate surface area is 111 Å². The van der Waals surface area contributed by atoms with Crippen molar-refractivity contribution >= 4 is 17.9 Å². The third-order valence-corrected chi connectivity index (χ3v) is 3.65.